The van der Waals surface area contributed by atoms with E-state index in [0.29, 0.717) is 19.1 Å². The summed E-state index contributed by atoms with van der Waals surface area (Å²) >= 11 is 0. The normalized spacial score (nSPS) is 19.4. The van der Waals surface area contributed by atoms with E-state index in [2.05, 4.69) is 56.6 Å². The SMILES string of the molecule is CCNC(=NCC(O)CN1CCc2ccccc2C1)NC1CCN(CCOC)CC1.I. The third kappa shape index (κ3) is 8.84. The fourth-order valence-corrected chi connectivity index (χ4v) is 4.30. The fourth-order valence-electron chi connectivity index (χ4n) is 4.30. The third-order valence-corrected chi connectivity index (χ3v) is 6.02. The molecular weight excluding hydrogens is 505 g/mol. The molecule has 3 N–H and O–H groups in total. The van der Waals surface area contributed by atoms with Gasteiger partial charge in [0.2, 0.25) is 0 Å². The molecule has 0 spiro atoms. The Morgan fingerprint density at radius 1 is 1.19 bits per heavy atom. The van der Waals surface area contributed by atoms with Crippen LogP contribution in [0.25, 0.3) is 0 Å². The molecule has 1 saturated heterocycles. The molecule has 7 nitrogen and oxygen atoms in total. The molecule has 0 bridgehead atoms. The van der Waals surface area contributed by atoms with E-state index in [1.54, 1.807) is 7.11 Å². The van der Waals surface area contributed by atoms with E-state index in [1.807, 2.05) is 0 Å². The van der Waals surface area contributed by atoms with Crippen LogP contribution in [0.5, 0.6) is 0 Å². The minimum absolute atomic E-state index is 0. The maximum absolute atomic E-state index is 10.6. The molecule has 0 amide bonds. The molecule has 3 rings (SSSR count). The maximum Gasteiger partial charge on any atom is 0.191 e. The number of rotatable bonds is 9. The summed E-state index contributed by atoms with van der Waals surface area (Å²) in [7, 11) is 1.76. The van der Waals surface area contributed by atoms with Gasteiger partial charge in [-0.2, -0.15) is 0 Å². The van der Waals surface area contributed by atoms with Gasteiger partial charge in [0.05, 0.1) is 19.3 Å². The highest BCUT2D eigenvalue weighted by molar-refractivity contribution is 14.0. The van der Waals surface area contributed by atoms with Gasteiger partial charge < -0.3 is 25.4 Å². The first-order valence-electron chi connectivity index (χ1n) is 11.4. The van der Waals surface area contributed by atoms with Crippen LogP contribution in [0.4, 0.5) is 0 Å². The summed E-state index contributed by atoms with van der Waals surface area (Å²) in [5.41, 5.74) is 2.82. The van der Waals surface area contributed by atoms with Crippen molar-refractivity contribution < 1.29 is 9.84 Å². The summed E-state index contributed by atoms with van der Waals surface area (Å²) < 4.78 is 5.18. The molecular formula is C23H40IN5O2. The number of ether oxygens (including phenoxy) is 1. The molecule has 0 aromatic heterocycles. The van der Waals surface area contributed by atoms with Crippen molar-refractivity contribution in [2.45, 2.75) is 44.9 Å². The lowest BCUT2D eigenvalue weighted by atomic mass is 10.00. The maximum atomic E-state index is 10.6. The zero-order chi connectivity index (χ0) is 21.2. The number of halogens is 1. The highest BCUT2D eigenvalue weighted by atomic mass is 127. The minimum atomic E-state index is -0.457. The van der Waals surface area contributed by atoms with Gasteiger partial charge in [-0.1, -0.05) is 24.3 Å². The lowest BCUT2D eigenvalue weighted by Crippen LogP contribution is -2.49. The van der Waals surface area contributed by atoms with Crippen molar-refractivity contribution >= 4 is 29.9 Å². The van der Waals surface area contributed by atoms with E-state index in [0.717, 1.165) is 71.1 Å². The average molecular weight is 546 g/mol. The van der Waals surface area contributed by atoms with Gasteiger partial charge in [-0.25, -0.2) is 0 Å². The number of β-amino-alcohol motifs (C(OH)–C–C–N with tert-alkyl or cyclic N) is 1. The Morgan fingerprint density at radius 3 is 2.65 bits per heavy atom. The van der Waals surface area contributed by atoms with E-state index in [9.17, 15) is 5.11 Å². The number of methoxy groups -OCH3 is 1. The summed E-state index contributed by atoms with van der Waals surface area (Å²) in [5.74, 6) is 0.816. The predicted octanol–water partition coefficient (Wildman–Crippen LogP) is 1.69. The number of fused-ring (bicyclic) bond motifs is 1. The molecule has 1 aromatic carbocycles. The second kappa shape index (κ2) is 14.3. The van der Waals surface area contributed by atoms with Crippen LogP contribution in [0.3, 0.4) is 0 Å². The monoisotopic (exact) mass is 545 g/mol. The van der Waals surface area contributed by atoms with Gasteiger partial charge >= 0.3 is 0 Å². The smallest absolute Gasteiger partial charge is 0.191 e. The van der Waals surface area contributed by atoms with Crippen LogP contribution in [0.1, 0.15) is 30.9 Å². The summed E-state index contributed by atoms with van der Waals surface area (Å²) in [5, 5.41) is 17.5. The Morgan fingerprint density at radius 2 is 1.94 bits per heavy atom. The molecule has 2 heterocycles. The Kier molecular flexibility index (Phi) is 12.1. The molecule has 0 aliphatic carbocycles. The van der Waals surface area contributed by atoms with Crippen LogP contribution in [0.2, 0.25) is 0 Å². The van der Waals surface area contributed by atoms with Crippen LogP contribution >= 0.6 is 24.0 Å². The van der Waals surface area contributed by atoms with Crippen LogP contribution in [-0.4, -0.2) is 92.5 Å². The third-order valence-electron chi connectivity index (χ3n) is 6.02. The first-order chi connectivity index (χ1) is 14.7. The quantitative estimate of drug-likeness (QED) is 0.249. The summed E-state index contributed by atoms with van der Waals surface area (Å²) in [6.07, 6.45) is 2.80. The zero-order valence-corrected chi connectivity index (χ0v) is 21.4. The van der Waals surface area contributed by atoms with E-state index < -0.39 is 6.10 Å². The van der Waals surface area contributed by atoms with Gasteiger partial charge in [0.15, 0.2) is 5.96 Å². The van der Waals surface area contributed by atoms with Crippen molar-refractivity contribution in [1.29, 1.82) is 0 Å². The fraction of sp³-hybridized carbons (Fsp3) is 0.696. The number of guanidine groups is 1. The summed E-state index contributed by atoms with van der Waals surface area (Å²) in [4.78, 5) is 9.45. The number of benzene rings is 1. The molecule has 1 aromatic rings. The Bertz CT molecular complexity index is 667. The van der Waals surface area contributed by atoms with Gasteiger partial charge in [0.25, 0.3) is 0 Å². The number of likely N-dealkylation sites (tertiary alicyclic amines) is 1. The first kappa shape index (κ1) is 26.3. The Hall–Kier alpha value is -0.940. The molecule has 1 unspecified atom stereocenters. The van der Waals surface area contributed by atoms with Crippen molar-refractivity contribution in [1.82, 2.24) is 20.4 Å². The lowest BCUT2D eigenvalue weighted by Gasteiger charge is -2.33. The number of aliphatic hydroxyl groups is 1. The molecule has 2 aliphatic rings. The van der Waals surface area contributed by atoms with Crippen LogP contribution < -0.4 is 10.6 Å². The van der Waals surface area contributed by atoms with Gasteiger partial charge in [-0.15, -0.1) is 24.0 Å². The summed E-state index contributed by atoms with van der Waals surface area (Å²) in [6, 6.07) is 9.04. The zero-order valence-electron chi connectivity index (χ0n) is 19.1. The number of hydrogen-bond acceptors (Lipinski definition) is 5. The highest BCUT2D eigenvalue weighted by Gasteiger charge is 2.21. The number of nitrogens with zero attached hydrogens (tertiary/aromatic N) is 3. The Balaban J connectivity index is 0.00000341. The number of piperidine rings is 1. The largest absolute Gasteiger partial charge is 0.390 e. The standard InChI is InChI=1S/C23H39N5O2.HI/c1-3-24-23(26-21-9-12-27(13-10-21)14-15-30-2)25-16-22(29)18-28-11-8-19-6-4-5-7-20(19)17-28;/h4-7,21-22,29H,3,8-18H2,1-2H3,(H2,24,25,26);1H. The number of hydrogen-bond donors (Lipinski definition) is 3. The molecule has 8 heteroatoms. The van der Waals surface area contributed by atoms with Gasteiger partial charge in [0, 0.05) is 59.0 Å². The average Bonchev–Trinajstić information content (AvgIpc) is 2.77. The van der Waals surface area contributed by atoms with Crippen molar-refractivity contribution in [3.8, 4) is 0 Å². The van der Waals surface area contributed by atoms with E-state index >= 15 is 0 Å². The molecule has 1 fully saturated rings. The van der Waals surface area contributed by atoms with Gasteiger partial charge in [-0.05, 0) is 37.3 Å². The first-order valence-corrected chi connectivity index (χ1v) is 11.4. The van der Waals surface area contributed by atoms with Gasteiger partial charge in [-0.3, -0.25) is 9.89 Å². The summed E-state index contributed by atoms with van der Waals surface area (Å²) in [6.45, 7) is 9.85. The van der Waals surface area contributed by atoms with Crippen LogP contribution in [0.15, 0.2) is 29.3 Å². The van der Waals surface area contributed by atoms with Crippen LogP contribution in [-0.2, 0) is 17.7 Å². The number of aliphatic hydroxyl groups excluding tert-OH is 1. The molecule has 1 atom stereocenters. The van der Waals surface area contributed by atoms with E-state index in [1.165, 1.54) is 11.1 Å². The van der Waals surface area contributed by atoms with Crippen molar-refractivity contribution in [2.24, 2.45) is 4.99 Å². The van der Waals surface area contributed by atoms with Crippen molar-refractivity contribution in [2.75, 3.05) is 59.5 Å². The molecule has 2 aliphatic heterocycles. The van der Waals surface area contributed by atoms with Crippen molar-refractivity contribution in [3.05, 3.63) is 35.4 Å². The number of aliphatic imine (C=N–C) groups is 1. The molecule has 0 saturated carbocycles. The highest BCUT2D eigenvalue weighted by Crippen LogP contribution is 2.18. The van der Waals surface area contributed by atoms with E-state index in [4.69, 9.17) is 4.74 Å². The van der Waals surface area contributed by atoms with E-state index in [-0.39, 0.29) is 24.0 Å². The van der Waals surface area contributed by atoms with Gasteiger partial charge in [0.1, 0.15) is 0 Å². The molecule has 31 heavy (non-hydrogen) atoms. The predicted molar refractivity (Wildman–Crippen MR) is 137 cm³/mol. The topological polar surface area (TPSA) is 72.4 Å². The molecule has 0 radical (unpaired) electrons. The Labute approximate surface area is 204 Å². The second-order valence-electron chi connectivity index (χ2n) is 8.38. The van der Waals surface area contributed by atoms with Crippen molar-refractivity contribution in [3.63, 3.8) is 0 Å². The lowest BCUT2D eigenvalue weighted by molar-refractivity contribution is 0.111. The second-order valence-corrected chi connectivity index (χ2v) is 8.38. The minimum Gasteiger partial charge on any atom is -0.390 e. The van der Waals surface area contributed by atoms with Crippen LogP contribution in [0, 0.1) is 0 Å². The number of nitrogens with one attached hydrogen (secondary N) is 2. The molecule has 176 valence electrons.